The Hall–Kier alpha value is -3.09. The zero-order valence-corrected chi connectivity index (χ0v) is 17.7. The van der Waals surface area contributed by atoms with E-state index in [0.29, 0.717) is 26.2 Å². The number of carbonyl (C=O) groups excluding carboxylic acids is 1. The fourth-order valence-corrected chi connectivity index (χ4v) is 3.69. The molecule has 1 saturated heterocycles. The van der Waals surface area contributed by atoms with Crippen LogP contribution in [-0.4, -0.2) is 53.2 Å². The Morgan fingerprint density at radius 2 is 1.90 bits per heavy atom. The predicted molar refractivity (Wildman–Crippen MR) is 119 cm³/mol. The summed E-state index contributed by atoms with van der Waals surface area (Å²) in [6, 6.07) is 10.2. The Morgan fingerprint density at radius 3 is 2.63 bits per heavy atom. The third-order valence-electron chi connectivity index (χ3n) is 5.30. The van der Waals surface area contributed by atoms with E-state index in [9.17, 15) is 9.18 Å². The van der Waals surface area contributed by atoms with Crippen molar-refractivity contribution < 1.29 is 9.18 Å². The van der Waals surface area contributed by atoms with Crippen molar-refractivity contribution in [2.24, 2.45) is 5.41 Å². The largest absolute Gasteiger partial charge is 0.382 e. The van der Waals surface area contributed by atoms with Gasteiger partial charge in [0.25, 0.3) is 0 Å². The summed E-state index contributed by atoms with van der Waals surface area (Å²) in [6.45, 7) is 10.1. The maximum absolute atomic E-state index is 13.4. The number of nitrogens with one attached hydrogen (secondary N) is 1. The molecule has 1 amide bonds. The average molecular weight is 410 g/mol. The van der Waals surface area contributed by atoms with Gasteiger partial charge in [0.2, 0.25) is 0 Å². The van der Waals surface area contributed by atoms with E-state index < -0.39 is 0 Å². The van der Waals surface area contributed by atoms with Gasteiger partial charge >= 0.3 is 6.03 Å². The third-order valence-corrected chi connectivity index (χ3v) is 5.30. The molecule has 3 aromatic rings. The highest BCUT2D eigenvalue weighted by Gasteiger charge is 2.25. The van der Waals surface area contributed by atoms with E-state index in [1.54, 1.807) is 29.1 Å². The van der Waals surface area contributed by atoms with Crippen molar-refractivity contribution in [1.29, 1.82) is 0 Å². The lowest BCUT2D eigenvalue weighted by Gasteiger charge is -2.36. The van der Waals surface area contributed by atoms with Crippen molar-refractivity contribution in [3.63, 3.8) is 0 Å². The zero-order chi connectivity index (χ0) is 21.3. The van der Waals surface area contributed by atoms with E-state index >= 15 is 0 Å². The first kappa shape index (κ1) is 20.2. The lowest BCUT2D eigenvalue weighted by Crippen LogP contribution is -2.50. The molecule has 0 unspecified atom stereocenters. The molecular weight excluding hydrogens is 381 g/mol. The topological polar surface area (TPSA) is 53.4 Å². The minimum Gasteiger partial charge on any atom is -0.382 e. The van der Waals surface area contributed by atoms with Gasteiger partial charge in [-0.1, -0.05) is 20.8 Å². The quantitative estimate of drug-likeness (QED) is 0.696. The molecule has 0 atom stereocenters. The summed E-state index contributed by atoms with van der Waals surface area (Å²) in [7, 11) is 0. The number of carbonyl (C=O) groups is 1. The number of pyridine rings is 1. The van der Waals surface area contributed by atoms with Crippen LogP contribution < -0.4 is 10.2 Å². The van der Waals surface area contributed by atoms with Crippen molar-refractivity contribution in [2.45, 2.75) is 20.8 Å². The van der Waals surface area contributed by atoms with Crippen LogP contribution in [0.2, 0.25) is 0 Å². The molecule has 1 aliphatic heterocycles. The molecular formula is C23H28FN5O. The molecule has 158 valence electrons. The molecule has 1 aromatic carbocycles. The SMILES string of the molecule is CC(C)(C)CNc1cccnc1N1CCN(C(=O)n2ccc3cc(F)ccc32)CC1. The molecule has 1 aliphatic rings. The van der Waals surface area contributed by atoms with Crippen LogP contribution in [0.5, 0.6) is 0 Å². The van der Waals surface area contributed by atoms with Crippen LogP contribution in [0.15, 0.2) is 48.8 Å². The molecule has 0 radical (unpaired) electrons. The van der Waals surface area contributed by atoms with E-state index in [1.807, 2.05) is 11.0 Å². The number of piperazine rings is 1. The third kappa shape index (κ3) is 4.25. The molecule has 1 fully saturated rings. The maximum Gasteiger partial charge on any atom is 0.328 e. The Labute approximate surface area is 176 Å². The smallest absolute Gasteiger partial charge is 0.328 e. The molecule has 6 nitrogen and oxygen atoms in total. The number of aromatic nitrogens is 2. The van der Waals surface area contributed by atoms with Crippen LogP contribution in [0.3, 0.4) is 0 Å². The molecule has 30 heavy (non-hydrogen) atoms. The van der Waals surface area contributed by atoms with Crippen LogP contribution in [-0.2, 0) is 0 Å². The highest BCUT2D eigenvalue weighted by atomic mass is 19.1. The molecule has 0 aliphatic carbocycles. The van der Waals surface area contributed by atoms with E-state index in [1.165, 1.54) is 12.1 Å². The molecule has 7 heteroatoms. The standard InChI is InChI=1S/C23H28FN5O/c1-23(2,3)16-26-19-5-4-9-25-21(19)27-11-13-28(14-12-27)22(30)29-10-8-17-15-18(24)6-7-20(17)29/h4-10,15,26H,11-14,16H2,1-3H3. The minimum absolute atomic E-state index is 0.0802. The zero-order valence-electron chi connectivity index (χ0n) is 17.7. The summed E-state index contributed by atoms with van der Waals surface area (Å²) >= 11 is 0. The van der Waals surface area contributed by atoms with Gasteiger partial charge in [0.1, 0.15) is 5.82 Å². The number of halogens is 1. The highest BCUT2D eigenvalue weighted by Crippen LogP contribution is 2.26. The van der Waals surface area contributed by atoms with Gasteiger partial charge < -0.3 is 15.1 Å². The second-order valence-electron chi connectivity index (χ2n) is 8.93. The Kier molecular flexibility index (Phi) is 5.37. The fourth-order valence-electron chi connectivity index (χ4n) is 3.69. The molecule has 1 N–H and O–H groups in total. The van der Waals surface area contributed by atoms with Crippen LogP contribution in [0.25, 0.3) is 10.9 Å². The Morgan fingerprint density at radius 1 is 1.13 bits per heavy atom. The van der Waals surface area contributed by atoms with Crippen LogP contribution in [0.4, 0.5) is 20.7 Å². The first-order valence-electron chi connectivity index (χ1n) is 10.3. The number of benzene rings is 1. The normalized spacial score (nSPS) is 14.9. The molecule has 2 aromatic heterocycles. The van der Waals surface area contributed by atoms with Gasteiger partial charge in [0, 0.05) is 50.5 Å². The summed E-state index contributed by atoms with van der Waals surface area (Å²) in [5.41, 5.74) is 1.91. The van der Waals surface area contributed by atoms with E-state index in [-0.39, 0.29) is 17.3 Å². The molecule has 0 spiro atoms. The number of amides is 1. The maximum atomic E-state index is 13.4. The van der Waals surface area contributed by atoms with Gasteiger partial charge in [0.05, 0.1) is 11.2 Å². The monoisotopic (exact) mass is 409 g/mol. The van der Waals surface area contributed by atoms with Crippen LogP contribution in [0.1, 0.15) is 20.8 Å². The number of rotatable bonds is 3. The van der Waals surface area contributed by atoms with Crippen LogP contribution in [0, 0.1) is 11.2 Å². The number of hydrogen-bond acceptors (Lipinski definition) is 4. The molecule has 4 rings (SSSR count). The van der Waals surface area contributed by atoms with E-state index in [2.05, 4.69) is 42.0 Å². The first-order chi connectivity index (χ1) is 14.3. The van der Waals surface area contributed by atoms with E-state index in [4.69, 9.17) is 0 Å². The van der Waals surface area contributed by atoms with Gasteiger partial charge in [-0.3, -0.25) is 4.57 Å². The number of nitrogens with zero attached hydrogens (tertiary/aromatic N) is 4. The lowest BCUT2D eigenvalue weighted by atomic mass is 9.97. The van der Waals surface area contributed by atoms with Gasteiger partial charge in [-0.25, -0.2) is 14.2 Å². The van der Waals surface area contributed by atoms with Gasteiger partial charge in [0.15, 0.2) is 5.82 Å². The second kappa shape index (κ2) is 7.97. The van der Waals surface area contributed by atoms with Crippen molar-refractivity contribution in [1.82, 2.24) is 14.5 Å². The molecule has 0 saturated carbocycles. The van der Waals surface area contributed by atoms with Crippen molar-refractivity contribution in [3.8, 4) is 0 Å². The summed E-state index contributed by atoms with van der Waals surface area (Å²) in [4.78, 5) is 21.7. The predicted octanol–water partition coefficient (Wildman–Crippen LogP) is 4.42. The average Bonchev–Trinajstić information content (AvgIpc) is 3.14. The Bertz CT molecular complexity index is 1050. The van der Waals surface area contributed by atoms with E-state index in [0.717, 1.165) is 29.0 Å². The summed E-state index contributed by atoms with van der Waals surface area (Å²) < 4.78 is 15.0. The van der Waals surface area contributed by atoms with Crippen molar-refractivity contribution in [3.05, 3.63) is 54.6 Å². The van der Waals surface area contributed by atoms with Gasteiger partial charge in [-0.2, -0.15) is 0 Å². The number of hydrogen-bond donors (Lipinski definition) is 1. The van der Waals surface area contributed by atoms with Crippen LogP contribution >= 0.6 is 0 Å². The fraction of sp³-hybridized carbons (Fsp3) is 0.391. The number of anilines is 2. The minimum atomic E-state index is -0.299. The van der Waals surface area contributed by atoms with Crippen molar-refractivity contribution in [2.75, 3.05) is 42.9 Å². The van der Waals surface area contributed by atoms with Crippen molar-refractivity contribution >= 4 is 28.4 Å². The summed E-state index contributed by atoms with van der Waals surface area (Å²) in [6.07, 6.45) is 3.52. The number of fused-ring (bicyclic) bond motifs is 1. The first-order valence-corrected chi connectivity index (χ1v) is 10.3. The summed E-state index contributed by atoms with van der Waals surface area (Å²) in [5, 5.41) is 4.24. The van der Waals surface area contributed by atoms with Gasteiger partial charge in [-0.15, -0.1) is 0 Å². The lowest BCUT2D eigenvalue weighted by molar-refractivity contribution is 0.197. The summed E-state index contributed by atoms with van der Waals surface area (Å²) in [5.74, 6) is 0.628. The van der Waals surface area contributed by atoms with Gasteiger partial charge in [-0.05, 0) is 41.8 Å². The Balaban J connectivity index is 1.45. The molecule has 3 heterocycles. The second-order valence-corrected chi connectivity index (χ2v) is 8.93. The molecule has 0 bridgehead atoms. The highest BCUT2D eigenvalue weighted by molar-refractivity contribution is 5.91.